The normalized spacial score (nSPS) is 11.1. The molecule has 2 heterocycles. The van der Waals surface area contributed by atoms with E-state index in [4.69, 9.17) is 19.7 Å². The van der Waals surface area contributed by atoms with Gasteiger partial charge in [0.05, 0.1) is 52.7 Å². The van der Waals surface area contributed by atoms with Crippen molar-refractivity contribution in [2.75, 3.05) is 52.7 Å². The first-order valence-electron chi connectivity index (χ1n) is 9.59. The van der Waals surface area contributed by atoms with E-state index in [1.165, 1.54) is 0 Å². The molecule has 0 spiro atoms. The summed E-state index contributed by atoms with van der Waals surface area (Å²) in [5, 5.41) is 3.39. The maximum atomic E-state index is 8.15. The molecule has 0 aliphatic heterocycles. The van der Waals surface area contributed by atoms with Crippen LogP contribution in [-0.4, -0.2) is 76.7 Å². The van der Waals surface area contributed by atoms with Gasteiger partial charge in [0.15, 0.2) is 0 Å². The summed E-state index contributed by atoms with van der Waals surface area (Å²) in [4.78, 5) is 13.8. The van der Waals surface area contributed by atoms with Crippen LogP contribution in [0.1, 0.15) is 11.6 Å². The molecule has 2 rings (SSSR count). The zero-order valence-electron chi connectivity index (χ0n) is 17.2. The standard InChI is InChI=1S/C18H30N8O3/c1-24-6-3-20-17(24)15-26(16-18-21-4-7-25(18)2)8-10-28-12-14-29-13-11-27-9-5-22-23-19/h3-4,6-7H,5,8-16H2,1-2H3. The van der Waals surface area contributed by atoms with Crippen LogP contribution in [-0.2, 0) is 41.4 Å². The van der Waals surface area contributed by atoms with Gasteiger partial charge in [-0.25, -0.2) is 9.97 Å². The quantitative estimate of drug-likeness (QED) is 0.181. The van der Waals surface area contributed by atoms with Crippen LogP contribution in [0, 0.1) is 0 Å². The summed E-state index contributed by atoms with van der Waals surface area (Å²) in [7, 11) is 3.99. The van der Waals surface area contributed by atoms with Gasteiger partial charge in [-0.05, 0) is 5.53 Å². The van der Waals surface area contributed by atoms with Crippen molar-refractivity contribution in [3.8, 4) is 0 Å². The minimum absolute atomic E-state index is 0.340. The maximum Gasteiger partial charge on any atom is 0.122 e. The highest BCUT2D eigenvalue weighted by Crippen LogP contribution is 2.07. The molecule has 29 heavy (non-hydrogen) atoms. The van der Waals surface area contributed by atoms with E-state index in [0.717, 1.165) is 31.3 Å². The van der Waals surface area contributed by atoms with Gasteiger partial charge in [0.1, 0.15) is 11.6 Å². The van der Waals surface area contributed by atoms with Crippen molar-refractivity contribution in [1.29, 1.82) is 0 Å². The Morgan fingerprint density at radius 2 is 1.41 bits per heavy atom. The van der Waals surface area contributed by atoms with E-state index in [1.54, 1.807) is 0 Å². The second kappa shape index (κ2) is 13.7. The van der Waals surface area contributed by atoms with Crippen LogP contribution >= 0.6 is 0 Å². The highest BCUT2D eigenvalue weighted by atomic mass is 16.5. The minimum Gasteiger partial charge on any atom is -0.379 e. The Morgan fingerprint density at radius 3 is 1.90 bits per heavy atom. The molecule has 0 N–H and O–H groups in total. The van der Waals surface area contributed by atoms with Crippen LogP contribution in [0.2, 0.25) is 0 Å². The number of nitrogens with zero attached hydrogens (tertiary/aromatic N) is 8. The highest BCUT2D eigenvalue weighted by molar-refractivity contribution is 4.94. The number of aryl methyl sites for hydroxylation is 2. The number of imidazole rings is 2. The molecule has 0 saturated heterocycles. The molecule has 11 nitrogen and oxygen atoms in total. The fourth-order valence-corrected chi connectivity index (χ4v) is 2.60. The van der Waals surface area contributed by atoms with Crippen LogP contribution < -0.4 is 0 Å². The first-order chi connectivity index (χ1) is 14.2. The molecule has 0 aliphatic carbocycles. The van der Waals surface area contributed by atoms with Gasteiger partial charge in [0, 0.05) is 56.9 Å². The van der Waals surface area contributed by atoms with Crippen molar-refractivity contribution in [1.82, 2.24) is 24.0 Å². The molecule has 2 aromatic heterocycles. The topological polar surface area (TPSA) is 115 Å². The zero-order chi connectivity index (χ0) is 20.7. The number of hydrogen-bond donors (Lipinski definition) is 0. The molecule has 0 bridgehead atoms. The first kappa shape index (κ1) is 22.9. The SMILES string of the molecule is Cn1ccnc1CN(CCOCCOCCOCCN=[N+]=[N-])Cc1nccn1C. The zero-order valence-corrected chi connectivity index (χ0v) is 17.2. The molecule has 0 atom stereocenters. The van der Waals surface area contributed by atoms with Crippen molar-refractivity contribution >= 4 is 0 Å². The van der Waals surface area contributed by atoms with Gasteiger partial charge in [-0.2, -0.15) is 0 Å². The van der Waals surface area contributed by atoms with E-state index in [9.17, 15) is 0 Å². The average Bonchev–Trinajstić information content (AvgIpc) is 3.30. The van der Waals surface area contributed by atoms with Crippen LogP contribution in [0.3, 0.4) is 0 Å². The van der Waals surface area contributed by atoms with Crippen molar-refractivity contribution in [2.24, 2.45) is 19.2 Å². The molecule has 0 aliphatic rings. The Balaban J connectivity index is 1.61. The lowest BCUT2D eigenvalue weighted by Crippen LogP contribution is -2.29. The molecule has 0 saturated carbocycles. The largest absolute Gasteiger partial charge is 0.379 e. The Morgan fingerprint density at radius 1 is 0.897 bits per heavy atom. The minimum atomic E-state index is 0.340. The van der Waals surface area contributed by atoms with Gasteiger partial charge in [-0.3, -0.25) is 4.90 Å². The number of hydrogen-bond acceptors (Lipinski definition) is 7. The molecule has 2 aromatic rings. The van der Waals surface area contributed by atoms with E-state index in [2.05, 4.69) is 24.9 Å². The molecule has 0 aromatic carbocycles. The Hall–Kier alpha value is -2.43. The molecule has 0 amide bonds. The van der Waals surface area contributed by atoms with Crippen molar-refractivity contribution in [3.63, 3.8) is 0 Å². The smallest absolute Gasteiger partial charge is 0.122 e. The second-order valence-electron chi connectivity index (χ2n) is 6.41. The molecular weight excluding hydrogens is 376 g/mol. The summed E-state index contributed by atoms with van der Waals surface area (Å²) < 4.78 is 20.5. The van der Waals surface area contributed by atoms with Crippen molar-refractivity contribution < 1.29 is 14.2 Å². The van der Waals surface area contributed by atoms with E-state index < -0.39 is 0 Å². The highest BCUT2D eigenvalue weighted by Gasteiger charge is 2.12. The van der Waals surface area contributed by atoms with Gasteiger partial charge in [-0.15, -0.1) is 0 Å². The summed E-state index contributed by atoms with van der Waals surface area (Å²) in [6.45, 7) is 5.57. The van der Waals surface area contributed by atoms with Gasteiger partial charge in [0.2, 0.25) is 0 Å². The van der Waals surface area contributed by atoms with Gasteiger partial charge >= 0.3 is 0 Å². The van der Waals surface area contributed by atoms with Crippen LogP contribution in [0.15, 0.2) is 29.9 Å². The monoisotopic (exact) mass is 406 g/mol. The van der Waals surface area contributed by atoms with Gasteiger partial charge in [0.25, 0.3) is 0 Å². The third-order valence-corrected chi connectivity index (χ3v) is 4.27. The van der Waals surface area contributed by atoms with Gasteiger partial charge in [-0.1, -0.05) is 5.11 Å². The third kappa shape index (κ3) is 9.07. The summed E-state index contributed by atoms with van der Waals surface area (Å²) >= 11 is 0. The summed E-state index contributed by atoms with van der Waals surface area (Å²) in [5.41, 5.74) is 8.15. The van der Waals surface area contributed by atoms with Gasteiger partial charge < -0.3 is 23.3 Å². The molecule has 11 heteroatoms. The van der Waals surface area contributed by atoms with Crippen LogP contribution in [0.25, 0.3) is 10.4 Å². The molecular formula is C18H30N8O3. The summed E-state index contributed by atoms with van der Waals surface area (Å²) in [6.07, 6.45) is 7.51. The lowest BCUT2D eigenvalue weighted by atomic mass is 10.4. The lowest BCUT2D eigenvalue weighted by molar-refractivity contribution is 0.0107. The van der Waals surface area contributed by atoms with E-state index in [0.29, 0.717) is 46.2 Å². The Labute approximate surface area is 170 Å². The summed E-state index contributed by atoms with van der Waals surface area (Å²) in [5.74, 6) is 2.01. The molecule has 0 radical (unpaired) electrons. The third-order valence-electron chi connectivity index (χ3n) is 4.27. The van der Waals surface area contributed by atoms with E-state index in [-0.39, 0.29) is 0 Å². The number of rotatable bonds is 16. The fraction of sp³-hybridized carbons (Fsp3) is 0.667. The molecule has 0 unspecified atom stereocenters. The lowest BCUT2D eigenvalue weighted by Gasteiger charge is -2.21. The Bertz CT molecular complexity index is 699. The average molecular weight is 406 g/mol. The van der Waals surface area contributed by atoms with Crippen molar-refractivity contribution in [2.45, 2.75) is 13.1 Å². The maximum absolute atomic E-state index is 8.15. The predicted octanol–water partition coefficient (Wildman–Crippen LogP) is 1.52. The number of azide groups is 1. The van der Waals surface area contributed by atoms with Crippen LogP contribution in [0.4, 0.5) is 0 Å². The number of ether oxygens (including phenoxy) is 3. The van der Waals surface area contributed by atoms with Crippen LogP contribution in [0.5, 0.6) is 0 Å². The first-order valence-corrected chi connectivity index (χ1v) is 9.59. The predicted molar refractivity (Wildman–Crippen MR) is 107 cm³/mol. The van der Waals surface area contributed by atoms with Crippen molar-refractivity contribution in [3.05, 3.63) is 46.9 Å². The molecule has 160 valence electrons. The fourth-order valence-electron chi connectivity index (χ4n) is 2.60. The molecule has 0 fully saturated rings. The summed E-state index contributed by atoms with van der Waals surface area (Å²) in [6, 6.07) is 0. The van der Waals surface area contributed by atoms with E-state index in [1.807, 2.05) is 48.0 Å². The van der Waals surface area contributed by atoms with E-state index >= 15 is 0 Å². The second-order valence-corrected chi connectivity index (χ2v) is 6.41. The number of aromatic nitrogens is 4. The Kier molecular flexibility index (Phi) is 10.8.